The van der Waals surface area contributed by atoms with Gasteiger partial charge in [0.05, 0.1) is 10.6 Å². The second-order valence-corrected chi connectivity index (χ2v) is 4.69. The van der Waals surface area contributed by atoms with Gasteiger partial charge in [-0.15, -0.1) is 0 Å². The van der Waals surface area contributed by atoms with Gasteiger partial charge in [-0.3, -0.25) is 20.4 Å². The molecule has 0 aliphatic heterocycles. The van der Waals surface area contributed by atoms with Gasteiger partial charge >= 0.3 is 6.16 Å². The number of anilines is 1. The molecule has 0 aliphatic rings. The quantitative estimate of drug-likeness (QED) is 0.387. The van der Waals surface area contributed by atoms with Crippen molar-refractivity contribution < 1.29 is 28.8 Å². The molecule has 0 saturated heterocycles. The minimum atomic E-state index is -1.08. The van der Waals surface area contributed by atoms with E-state index in [0.29, 0.717) is 0 Å². The maximum atomic E-state index is 13.8. The average Bonchev–Trinajstić information content (AvgIpc) is 2.54. The summed E-state index contributed by atoms with van der Waals surface area (Å²) in [5.74, 6) is -0.597. The molecule has 0 bridgehead atoms. The summed E-state index contributed by atoms with van der Waals surface area (Å²) in [7, 11) is 1.34. The van der Waals surface area contributed by atoms with Gasteiger partial charge in [0.1, 0.15) is 18.2 Å². The van der Waals surface area contributed by atoms with Crippen LogP contribution >= 0.6 is 0 Å². The topological polar surface area (TPSA) is 102 Å². The molecule has 2 aromatic rings. The van der Waals surface area contributed by atoms with Crippen molar-refractivity contribution in [2.24, 2.45) is 0 Å². The SMILES string of the molecule is CN(O)c1ccc(COC(=O)Oc2ccc([N+](=O)[O-])cc2)c(F)c1. The lowest BCUT2D eigenvalue weighted by Gasteiger charge is -2.12. The Morgan fingerprint density at radius 2 is 1.96 bits per heavy atom. The summed E-state index contributed by atoms with van der Waals surface area (Å²) in [5.41, 5.74) is 0.192. The number of nitrogens with zero attached hydrogens (tertiary/aromatic N) is 2. The second-order valence-electron chi connectivity index (χ2n) is 4.69. The normalized spacial score (nSPS) is 10.1. The lowest BCUT2D eigenvalue weighted by Crippen LogP contribution is -2.12. The Morgan fingerprint density at radius 1 is 1.29 bits per heavy atom. The van der Waals surface area contributed by atoms with E-state index in [-0.39, 0.29) is 29.3 Å². The highest BCUT2D eigenvalue weighted by Gasteiger charge is 2.12. The molecule has 2 aromatic carbocycles. The average molecular weight is 336 g/mol. The molecule has 0 aliphatic carbocycles. The summed E-state index contributed by atoms with van der Waals surface area (Å²) < 4.78 is 23.4. The lowest BCUT2D eigenvalue weighted by atomic mass is 10.2. The molecule has 0 spiro atoms. The van der Waals surface area contributed by atoms with Gasteiger partial charge in [-0.1, -0.05) is 6.07 Å². The van der Waals surface area contributed by atoms with E-state index in [1.165, 1.54) is 43.4 Å². The number of non-ortho nitro benzene ring substituents is 1. The Kier molecular flexibility index (Phi) is 5.27. The van der Waals surface area contributed by atoms with Crippen LogP contribution in [0, 0.1) is 15.9 Å². The number of nitro groups is 1. The standard InChI is InChI=1S/C15H13FN2O6/c1-17(20)12-3-2-10(14(16)8-12)9-23-15(19)24-13-6-4-11(5-7-13)18(21)22/h2-8,20H,9H2,1H3. The summed E-state index contributed by atoms with van der Waals surface area (Å²) in [4.78, 5) is 21.5. The molecule has 8 nitrogen and oxygen atoms in total. The maximum Gasteiger partial charge on any atom is 0.514 e. The fourth-order valence-corrected chi connectivity index (χ4v) is 1.75. The molecule has 0 radical (unpaired) electrons. The second kappa shape index (κ2) is 7.38. The first kappa shape index (κ1) is 17.2. The first-order chi connectivity index (χ1) is 11.4. The van der Waals surface area contributed by atoms with Crippen molar-refractivity contribution in [1.82, 2.24) is 0 Å². The van der Waals surface area contributed by atoms with Gasteiger partial charge in [-0.25, -0.2) is 9.18 Å². The Labute approximate surface area is 135 Å². The molecule has 0 aromatic heterocycles. The third kappa shape index (κ3) is 4.40. The highest BCUT2D eigenvalue weighted by atomic mass is 19.1. The Bertz CT molecular complexity index is 748. The molecular formula is C15H13FN2O6. The van der Waals surface area contributed by atoms with Crippen LogP contribution in [-0.2, 0) is 11.3 Å². The predicted octanol–water partition coefficient (Wildman–Crippen LogP) is 3.27. The molecule has 1 N–H and O–H groups in total. The lowest BCUT2D eigenvalue weighted by molar-refractivity contribution is -0.384. The molecule has 9 heteroatoms. The van der Waals surface area contributed by atoms with Crippen molar-refractivity contribution in [2.75, 3.05) is 12.1 Å². The van der Waals surface area contributed by atoms with E-state index in [1.54, 1.807) is 0 Å². The fourth-order valence-electron chi connectivity index (χ4n) is 1.75. The van der Waals surface area contributed by atoms with Crippen molar-refractivity contribution >= 4 is 17.5 Å². The van der Waals surface area contributed by atoms with Crippen LogP contribution in [-0.4, -0.2) is 23.3 Å². The number of ether oxygens (including phenoxy) is 2. The van der Waals surface area contributed by atoms with Gasteiger partial charge in [0.25, 0.3) is 5.69 Å². The molecule has 0 atom stereocenters. The zero-order valence-corrected chi connectivity index (χ0v) is 12.5. The minimum Gasteiger partial charge on any atom is -0.429 e. The number of hydroxylamine groups is 1. The molecule has 126 valence electrons. The number of benzene rings is 2. The number of rotatable bonds is 5. The monoisotopic (exact) mass is 336 g/mol. The van der Waals surface area contributed by atoms with Crippen molar-refractivity contribution in [3.8, 4) is 5.75 Å². The van der Waals surface area contributed by atoms with E-state index in [9.17, 15) is 24.5 Å². The van der Waals surface area contributed by atoms with Crippen LogP contribution in [0.1, 0.15) is 5.56 Å². The minimum absolute atomic E-state index is 0.0586. The van der Waals surface area contributed by atoms with E-state index in [4.69, 9.17) is 9.47 Å². The first-order valence-electron chi connectivity index (χ1n) is 6.67. The summed E-state index contributed by atoms with van der Waals surface area (Å²) in [6, 6.07) is 8.72. The Morgan fingerprint density at radius 3 is 2.50 bits per heavy atom. The number of nitro benzene ring substituents is 1. The van der Waals surface area contributed by atoms with Crippen LogP contribution in [0.5, 0.6) is 5.75 Å². The zero-order chi connectivity index (χ0) is 17.7. The van der Waals surface area contributed by atoms with E-state index < -0.39 is 16.9 Å². The third-order valence-corrected chi connectivity index (χ3v) is 3.00. The smallest absolute Gasteiger partial charge is 0.429 e. The van der Waals surface area contributed by atoms with Crippen molar-refractivity contribution in [2.45, 2.75) is 6.61 Å². The summed E-state index contributed by atoms with van der Waals surface area (Å²) in [6.07, 6.45) is -1.08. The molecular weight excluding hydrogens is 323 g/mol. The molecule has 0 saturated carbocycles. The predicted molar refractivity (Wildman–Crippen MR) is 80.5 cm³/mol. The van der Waals surface area contributed by atoms with Crippen LogP contribution in [0.2, 0.25) is 0 Å². The number of carbonyl (C=O) groups is 1. The van der Waals surface area contributed by atoms with Crippen LogP contribution in [0.3, 0.4) is 0 Å². The third-order valence-electron chi connectivity index (χ3n) is 3.00. The zero-order valence-electron chi connectivity index (χ0n) is 12.5. The van der Waals surface area contributed by atoms with Crippen molar-refractivity contribution in [3.05, 3.63) is 64.0 Å². The highest BCUT2D eigenvalue weighted by molar-refractivity contribution is 5.64. The maximum absolute atomic E-state index is 13.8. The van der Waals surface area contributed by atoms with Crippen molar-refractivity contribution in [3.63, 3.8) is 0 Å². The van der Waals surface area contributed by atoms with Crippen LogP contribution in [0.15, 0.2) is 42.5 Å². The van der Waals surface area contributed by atoms with E-state index >= 15 is 0 Å². The Balaban J connectivity index is 1.92. The Hall–Kier alpha value is -3.20. The van der Waals surface area contributed by atoms with Crippen LogP contribution in [0.25, 0.3) is 0 Å². The van der Waals surface area contributed by atoms with Crippen LogP contribution < -0.4 is 9.80 Å². The summed E-state index contributed by atoms with van der Waals surface area (Å²) >= 11 is 0. The van der Waals surface area contributed by atoms with Gasteiger partial charge in [-0.2, -0.15) is 0 Å². The first-order valence-corrected chi connectivity index (χ1v) is 6.67. The van der Waals surface area contributed by atoms with E-state index in [2.05, 4.69) is 0 Å². The number of halogens is 1. The molecule has 0 unspecified atom stereocenters. The van der Waals surface area contributed by atoms with Gasteiger partial charge in [0, 0.05) is 24.7 Å². The number of hydrogen-bond donors (Lipinski definition) is 1. The molecule has 24 heavy (non-hydrogen) atoms. The number of carbonyl (C=O) groups excluding carboxylic acids is 1. The van der Waals surface area contributed by atoms with Crippen molar-refractivity contribution in [1.29, 1.82) is 0 Å². The van der Waals surface area contributed by atoms with E-state index in [1.807, 2.05) is 0 Å². The largest absolute Gasteiger partial charge is 0.514 e. The highest BCUT2D eigenvalue weighted by Crippen LogP contribution is 2.19. The van der Waals surface area contributed by atoms with E-state index in [0.717, 1.165) is 11.1 Å². The van der Waals surface area contributed by atoms with Crippen LogP contribution in [0.4, 0.5) is 20.6 Å². The molecule has 2 rings (SSSR count). The number of hydrogen-bond acceptors (Lipinski definition) is 7. The summed E-state index contributed by atoms with van der Waals surface area (Å²) in [5, 5.41) is 20.5. The fraction of sp³-hybridized carbons (Fsp3) is 0.133. The van der Waals surface area contributed by atoms with Gasteiger partial charge < -0.3 is 9.47 Å². The molecule has 0 fully saturated rings. The summed E-state index contributed by atoms with van der Waals surface area (Å²) in [6.45, 7) is -0.368. The van der Waals surface area contributed by atoms with Gasteiger partial charge in [0.15, 0.2) is 0 Å². The molecule has 0 heterocycles. The molecule has 0 amide bonds. The van der Waals surface area contributed by atoms with Gasteiger partial charge in [0.2, 0.25) is 0 Å². The van der Waals surface area contributed by atoms with Gasteiger partial charge in [-0.05, 0) is 24.3 Å².